The molecule has 0 unspecified atom stereocenters. The first-order chi connectivity index (χ1) is 2.41. The number of halogens is 4. The van der Waals surface area contributed by atoms with Crippen LogP contribution < -0.4 is 0 Å². The van der Waals surface area contributed by atoms with Crippen molar-refractivity contribution in [3.63, 3.8) is 0 Å². The molecule has 0 radical (unpaired) electrons. The third-order valence-corrected chi connectivity index (χ3v) is 0.408. The van der Waals surface area contributed by atoms with Crippen LogP contribution in [0.15, 0.2) is 0 Å². The van der Waals surface area contributed by atoms with E-state index in [0.717, 1.165) is 13.2 Å². The molecule has 0 bridgehead atoms. The molecule has 0 aromatic carbocycles. The minimum atomic E-state index is 0. The predicted octanol–water partition coefficient (Wildman–Crippen LogP) is 2.73. The van der Waals surface area contributed by atoms with Crippen molar-refractivity contribution in [2.24, 2.45) is 0 Å². The van der Waals surface area contributed by atoms with Gasteiger partial charge in [0.15, 0.2) is 0 Å². The summed E-state index contributed by atoms with van der Waals surface area (Å²) in [6, 6.07) is 0. The molecule has 0 spiro atoms. The van der Waals surface area contributed by atoms with E-state index < -0.39 is 0 Å². The predicted molar refractivity (Wildman–Crippen MR) is 51.2 cm³/mol. The molecule has 0 aliphatic carbocycles. The second-order valence-corrected chi connectivity index (χ2v) is 0.781. The summed E-state index contributed by atoms with van der Waals surface area (Å²) in [5.41, 5.74) is 0. The number of hydrogen-bond acceptors (Lipinski definition) is 1. The van der Waals surface area contributed by atoms with Crippen LogP contribution in [-0.4, -0.2) is 13.2 Å². The zero-order valence-corrected chi connectivity index (χ0v) is 11.1. The molecule has 0 rings (SSSR count). The van der Waals surface area contributed by atoms with Crippen LogP contribution in [0.25, 0.3) is 0 Å². The van der Waals surface area contributed by atoms with E-state index in [9.17, 15) is 0 Å². The van der Waals surface area contributed by atoms with E-state index in [-0.39, 0.29) is 70.7 Å². The molecule has 0 atom stereocenters. The van der Waals surface area contributed by atoms with Crippen LogP contribution in [0.5, 0.6) is 0 Å². The normalized spacial score (nSPS) is 4.20. The van der Waals surface area contributed by atoms with Crippen molar-refractivity contribution >= 4 is 49.6 Å². The van der Waals surface area contributed by atoms with Gasteiger partial charge < -0.3 is 4.74 Å². The van der Waals surface area contributed by atoms with Crippen molar-refractivity contribution in [2.75, 3.05) is 13.2 Å². The summed E-state index contributed by atoms with van der Waals surface area (Å²) in [4.78, 5) is 0. The number of hydrogen-bond donors (Lipinski definition) is 0. The molecular weight excluding hydrogens is 302 g/mol. The van der Waals surface area contributed by atoms with Gasteiger partial charge in [-0.25, -0.2) is 0 Å². The Morgan fingerprint density at radius 2 is 1.00 bits per heavy atom. The maximum absolute atomic E-state index is 4.83. The van der Waals surface area contributed by atoms with Gasteiger partial charge in [-0.05, 0) is 13.8 Å². The Kier molecular flexibility index (Phi) is 184. The Morgan fingerprint density at radius 1 is 0.800 bits per heavy atom. The van der Waals surface area contributed by atoms with Crippen LogP contribution in [0.3, 0.4) is 0 Å². The first-order valence-electron chi connectivity index (χ1n) is 1.99. The quantitative estimate of drug-likeness (QED) is 0.712. The largest absolute Gasteiger partial charge is 0.382 e. The van der Waals surface area contributed by atoms with E-state index in [2.05, 4.69) is 0 Å². The standard InChI is InChI=1S/C4H10O.4ClH.Mo/c1-3-5-4-2;;;;;/h3-4H2,1-2H3;4*1H;. The summed E-state index contributed by atoms with van der Waals surface area (Å²) in [5.74, 6) is 0. The number of ether oxygens (including phenoxy) is 1. The molecule has 0 saturated heterocycles. The SMILES string of the molecule is CCOCC.Cl.Cl.Cl.Cl.[Mo]. The average molecular weight is 316 g/mol. The van der Waals surface area contributed by atoms with Crippen LogP contribution in [0.4, 0.5) is 0 Å². The van der Waals surface area contributed by atoms with Gasteiger partial charge in [0.2, 0.25) is 0 Å². The average Bonchev–Trinajstić information content (AvgIpc) is 1.41. The van der Waals surface area contributed by atoms with E-state index >= 15 is 0 Å². The maximum Gasteiger partial charge on any atom is 0.0437 e. The van der Waals surface area contributed by atoms with Gasteiger partial charge in [0, 0.05) is 34.3 Å². The van der Waals surface area contributed by atoms with Gasteiger partial charge in [0.25, 0.3) is 0 Å². The summed E-state index contributed by atoms with van der Waals surface area (Å²) in [6.07, 6.45) is 0. The van der Waals surface area contributed by atoms with Crippen LogP contribution >= 0.6 is 49.6 Å². The van der Waals surface area contributed by atoms with Crippen molar-refractivity contribution in [1.82, 2.24) is 0 Å². The molecule has 6 heteroatoms. The summed E-state index contributed by atoms with van der Waals surface area (Å²) < 4.78 is 4.83. The van der Waals surface area contributed by atoms with Gasteiger partial charge >= 0.3 is 0 Å². The first kappa shape index (κ1) is 40.9. The van der Waals surface area contributed by atoms with E-state index in [1.807, 2.05) is 13.8 Å². The smallest absolute Gasteiger partial charge is 0.0437 e. The van der Waals surface area contributed by atoms with Crippen LogP contribution in [0, 0.1) is 0 Å². The monoisotopic (exact) mass is 316 g/mol. The fourth-order valence-corrected chi connectivity index (χ4v) is 0.204. The van der Waals surface area contributed by atoms with Crippen molar-refractivity contribution in [2.45, 2.75) is 13.8 Å². The maximum atomic E-state index is 4.83. The Labute approximate surface area is 102 Å². The van der Waals surface area contributed by atoms with Crippen LogP contribution in [0.1, 0.15) is 13.8 Å². The van der Waals surface area contributed by atoms with Crippen molar-refractivity contribution in [3.05, 3.63) is 0 Å². The second kappa shape index (κ2) is 45.0. The van der Waals surface area contributed by atoms with Gasteiger partial charge in [-0.2, -0.15) is 0 Å². The fraction of sp³-hybridized carbons (Fsp3) is 1.00. The molecule has 0 amide bonds. The molecule has 0 heterocycles. The molecule has 0 fully saturated rings. The van der Waals surface area contributed by atoms with Gasteiger partial charge in [-0.3, -0.25) is 0 Å². The zero-order valence-electron chi connectivity index (χ0n) is 5.86. The topological polar surface area (TPSA) is 9.23 Å². The Morgan fingerprint density at radius 3 is 1.00 bits per heavy atom. The second-order valence-electron chi connectivity index (χ2n) is 0.781. The fourth-order valence-electron chi connectivity index (χ4n) is 0.204. The molecule has 0 N–H and O–H groups in total. The molecule has 70 valence electrons. The van der Waals surface area contributed by atoms with Crippen molar-refractivity contribution in [1.29, 1.82) is 0 Å². The van der Waals surface area contributed by atoms with E-state index in [0.29, 0.717) is 0 Å². The third-order valence-electron chi connectivity index (χ3n) is 0.408. The minimum absolute atomic E-state index is 0. The van der Waals surface area contributed by atoms with Gasteiger partial charge in [-0.15, -0.1) is 49.6 Å². The van der Waals surface area contributed by atoms with Gasteiger partial charge in [-0.1, -0.05) is 0 Å². The summed E-state index contributed by atoms with van der Waals surface area (Å²) in [7, 11) is 0. The molecular formula is C4H14Cl4MoO. The van der Waals surface area contributed by atoms with E-state index in [1.165, 1.54) is 0 Å². The van der Waals surface area contributed by atoms with Crippen LogP contribution in [0.2, 0.25) is 0 Å². The Balaban J connectivity index is -0.00000000800. The summed E-state index contributed by atoms with van der Waals surface area (Å²) >= 11 is 0. The summed E-state index contributed by atoms with van der Waals surface area (Å²) in [6.45, 7) is 5.67. The molecule has 0 aliphatic rings. The Hall–Kier alpha value is 1.81. The number of rotatable bonds is 2. The molecule has 1 nitrogen and oxygen atoms in total. The molecule has 0 saturated carbocycles. The van der Waals surface area contributed by atoms with E-state index in [4.69, 9.17) is 4.74 Å². The zero-order chi connectivity index (χ0) is 4.12. The summed E-state index contributed by atoms with van der Waals surface area (Å²) in [5, 5.41) is 0. The molecule has 0 aliphatic heterocycles. The van der Waals surface area contributed by atoms with Crippen LogP contribution in [-0.2, 0) is 25.8 Å². The van der Waals surface area contributed by atoms with Gasteiger partial charge in [0.1, 0.15) is 0 Å². The minimum Gasteiger partial charge on any atom is -0.382 e. The molecule has 10 heavy (non-hydrogen) atoms. The van der Waals surface area contributed by atoms with Crippen molar-refractivity contribution < 1.29 is 25.8 Å². The van der Waals surface area contributed by atoms with Gasteiger partial charge in [0.05, 0.1) is 0 Å². The van der Waals surface area contributed by atoms with E-state index in [1.54, 1.807) is 0 Å². The first-order valence-corrected chi connectivity index (χ1v) is 1.99. The third kappa shape index (κ3) is 52.5. The van der Waals surface area contributed by atoms with Crippen molar-refractivity contribution in [3.8, 4) is 0 Å². The molecule has 0 aromatic heterocycles. The molecule has 0 aromatic rings. The Bertz CT molecular complexity index is 24.7.